The van der Waals surface area contributed by atoms with Gasteiger partial charge in [0.15, 0.2) is 0 Å². The van der Waals surface area contributed by atoms with E-state index in [1.54, 1.807) is 0 Å². The lowest BCUT2D eigenvalue weighted by Crippen LogP contribution is -1.89. The molecular weight excluding hydrogens is 48.0 g/mol. The molecule has 1 fully saturated rings. The van der Waals surface area contributed by atoms with E-state index < -0.39 is 0 Å². The maximum Gasteiger partial charge on any atom is -0.0168 e. The van der Waals surface area contributed by atoms with Crippen molar-refractivity contribution in [3.63, 3.8) is 0 Å². The van der Waals surface area contributed by atoms with Gasteiger partial charge in [0.2, 0.25) is 0 Å². The summed E-state index contributed by atoms with van der Waals surface area (Å²) in [6.07, 6.45) is 7.50. The fourth-order valence-electron chi connectivity index (χ4n) is 0.144. The molecule has 3 radical (unpaired) electrons. The van der Waals surface area contributed by atoms with Crippen molar-refractivity contribution in [1.82, 2.24) is 0 Å². The minimum absolute atomic E-state index is 1.12. The van der Waals surface area contributed by atoms with Crippen LogP contribution in [0.4, 0.5) is 0 Å². The van der Waals surface area contributed by atoms with Crippen LogP contribution in [-0.4, -0.2) is 0 Å². The summed E-state index contributed by atoms with van der Waals surface area (Å²) in [4.78, 5) is 0. The van der Waals surface area contributed by atoms with Gasteiger partial charge in [0.1, 0.15) is 0 Å². The van der Waals surface area contributed by atoms with Crippen molar-refractivity contribution in [2.75, 3.05) is 0 Å². The third-order valence-corrected chi connectivity index (χ3v) is 0.577. The molecule has 4 heavy (non-hydrogen) atoms. The lowest BCUT2D eigenvalue weighted by atomic mass is 10.0. The first-order chi connectivity index (χ1) is 2.00. The number of rotatable bonds is 0. The van der Waals surface area contributed by atoms with Gasteiger partial charge in [0.25, 0.3) is 0 Å². The van der Waals surface area contributed by atoms with E-state index in [2.05, 4.69) is 12.8 Å². The average Bonchev–Trinajstić information content (AvgIpc) is 0.722. The summed E-state index contributed by atoms with van der Waals surface area (Å²) >= 11 is 0. The highest BCUT2D eigenvalue weighted by Gasteiger charge is 1.97. The van der Waals surface area contributed by atoms with Crippen LogP contribution in [0.3, 0.4) is 0 Å². The van der Waals surface area contributed by atoms with Crippen molar-refractivity contribution >= 4 is 0 Å². The molecule has 0 atom stereocenters. The van der Waals surface area contributed by atoms with E-state index in [1.165, 1.54) is 0 Å². The van der Waals surface area contributed by atoms with Crippen LogP contribution in [0.25, 0.3) is 0 Å². The Morgan fingerprint density at radius 1 is 1.50 bits per heavy atom. The second-order valence-electron chi connectivity index (χ2n) is 0.947. The average molecular weight is 53.1 g/mol. The molecule has 0 heterocycles. The molecule has 0 saturated heterocycles. The fraction of sp³-hybridized carbons (Fsp3) is 0.500. The smallest absolute Gasteiger partial charge is 0.0168 e. The van der Waals surface area contributed by atoms with E-state index >= 15 is 0 Å². The first kappa shape index (κ1) is 2.25. The van der Waals surface area contributed by atoms with Gasteiger partial charge in [-0.25, -0.2) is 0 Å². The Morgan fingerprint density at radius 2 is 1.75 bits per heavy atom. The van der Waals surface area contributed by atoms with Crippen LogP contribution in [0, 0.1) is 12.8 Å². The first-order valence-electron chi connectivity index (χ1n) is 1.52. The van der Waals surface area contributed by atoms with Crippen LogP contribution >= 0.6 is 0 Å². The van der Waals surface area contributed by atoms with Crippen molar-refractivity contribution < 1.29 is 0 Å². The standard InChI is InChI=1S/C4H5/c1-2-4-3-1/h1H,2-3H2. The van der Waals surface area contributed by atoms with Crippen LogP contribution < -0.4 is 0 Å². The van der Waals surface area contributed by atoms with Crippen molar-refractivity contribution in [3.05, 3.63) is 12.8 Å². The molecule has 0 N–H and O–H groups in total. The normalized spacial score (nSPS) is 24.0. The summed E-state index contributed by atoms with van der Waals surface area (Å²) in [5.74, 6) is 0. The summed E-state index contributed by atoms with van der Waals surface area (Å²) in [7, 11) is 0. The zero-order chi connectivity index (χ0) is 2.83. The molecule has 1 rings (SSSR count). The summed E-state index contributed by atoms with van der Waals surface area (Å²) < 4.78 is 0. The van der Waals surface area contributed by atoms with Crippen LogP contribution in [0.5, 0.6) is 0 Å². The molecule has 0 bridgehead atoms. The maximum atomic E-state index is 3.06. The molecule has 0 spiro atoms. The van der Waals surface area contributed by atoms with E-state index in [-0.39, 0.29) is 0 Å². The van der Waals surface area contributed by atoms with Gasteiger partial charge in [-0.2, -0.15) is 0 Å². The van der Waals surface area contributed by atoms with Crippen molar-refractivity contribution in [2.24, 2.45) is 0 Å². The van der Waals surface area contributed by atoms with E-state index in [0.29, 0.717) is 0 Å². The highest BCUT2D eigenvalue weighted by atomic mass is 14.0. The summed E-state index contributed by atoms with van der Waals surface area (Å²) in [5.41, 5.74) is 0. The summed E-state index contributed by atoms with van der Waals surface area (Å²) in [5, 5.41) is 0. The van der Waals surface area contributed by atoms with Gasteiger partial charge in [-0.3, -0.25) is 0 Å². The first-order valence-corrected chi connectivity index (χ1v) is 1.52. The lowest BCUT2D eigenvalue weighted by molar-refractivity contribution is 0.840. The Morgan fingerprint density at radius 3 is 1.75 bits per heavy atom. The van der Waals surface area contributed by atoms with Gasteiger partial charge < -0.3 is 0 Å². The van der Waals surface area contributed by atoms with E-state index in [0.717, 1.165) is 12.8 Å². The van der Waals surface area contributed by atoms with Gasteiger partial charge >= 0.3 is 0 Å². The van der Waals surface area contributed by atoms with Gasteiger partial charge in [0, 0.05) is 0 Å². The monoisotopic (exact) mass is 53.0 g/mol. The molecule has 1 saturated carbocycles. The Labute approximate surface area is 26.8 Å². The van der Waals surface area contributed by atoms with Crippen molar-refractivity contribution in [2.45, 2.75) is 12.8 Å². The van der Waals surface area contributed by atoms with Crippen molar-refractivity contribution in [3.8, 4) is 0 Å². The van der Waals surface area contributed by atoms with E-state index in [9.17, 15) is 0 Å². The Bertz CT molecular complexity index is 8.00. The molecule has 21 valence electrons. The largest absolute Gasteiger partial charge is 0.0433 e. The predicted octanol–water partition coefficient (Wildman–Crippen LogP) is 1.07. The van der Waals surface area contributed by atoms with E-state index in [4.69, 9.17) is 0 Å². The molecule has 1 aliphatic rings. The Hall–Kier alpha value is 0. The van der Waals surface area contributed by atoms with Crippen molar-refractivity contribution in [1.29, 1.82) is 0 Å². The minimum atomic E-state index is 1.12. The van der Waals surface area contributed by atoms with Gasteiger partial charge in [0.05, 0.1) is 0 Å². The minimum Gasteiger partial charge on any atom is -0.0433 e. The van der Waals surface area contributed by atoms with Crippen LogP contribution in [-0.2, 0) is 0 Å². The Balaban J connectivity index is 2.00. The SMILES string of the molecule is [C]1C[CH]C1. The van der Waals surface area contributed by atoms with Gasteiger partial charge in [-0.1, -0.05) is 0 Å². The highest BCUT2D eigenvalue weighted by Crippen LogP contribution is 2.11. The highest BCUT2D eigenvalue weighted by molar-refractivity contribution is 4.91. The van der Waals surface area contributed by atoms with Gasteiger partial charge in [-0.15, -0.1) is 0 Å². The molecule has 0 aliphatic heterocycles. The third kappa shape index (κ3) is 0.125. The molecule has 0 aromatic carbocycles. The zero-order valence-corrected chi connectivity index (χ0v) is 2.49. The molecule has 0 nitrogen and oxygen atoms in total. The molecule has 0 amide bonds. The Kier molecular flexibility index (Phi) is 0.422. The third-order valence-electron chi connectivity index (χ3n) is 0.577. The fourth-order valence-corrected chi connectivity index (χ4v) is 0.144. The number of hydrogen-bond donors (Lipinski definition) is 0. The number of hydrogen-bond acceptors (Lipinski definition) is 0. The van der Waals surface area contributed by atoms with Crippen LogP contribution in [0.15, 0.2) is 0 Å². The molecule has 0 heteroatoms. The predicted molar refractivity (Wildman–Crippen MR) is 16.8 cm³/mol. The molecule has 0 unspecified atom stereocenters. The second-order valence-corrected chi connectivity index (χ2v) is 0.947. The van der Waals surface area contributed by atoms with Crippen LogP contribution in [0.1, 0.15) is 12.8 Å². The summed E-state index contributed by atoms with van der Waals surface area (Å²) in [6.45, 7) is 0. The quantitative estimate of drug-likeness (QED) is 0.387. The molecular formula is C4H5. The maximum absolute atomic E-state index is 3.06. The lowest BCUT2D eigenvalue weighted by Gasteiger charge is -2.03. The van der Waals surface area contributed by atoms with E-state index in [1.807, 2.05) is 0 Å². The van der Waals surface area contributed by atoms with Crippen LogP contribution in [0.2, 0.25) is 0 Å². The zero-order valence-electron chi connectivity index (χ0n) is 2.49. The molecule has 1 aliphatic carbocycles. The topological polar surface area (TPSA) is 0 Å². The van der Waals surface area contributed by atoms with Gasteiger partial charge in [-0.05, 0) is 25.7 Å². The second kappa shape index (κ2) is 0.750. The molecule has 0 aromatic rings. The molecule has 0 aromatic heterocycles. The summed E-state index contributed by atoms with van der Waals surface area (Å²) in [6, 6.07) is 0.